The van der Waals surface area contributed by atoms with Gasteiger partial charge in [-0.05, 0) is 24.5 Å². The van der Waals surface area contributed by atoms with Crippen LogP contribution in [0.4, 0.5) is 14.5 Å². The van der Waals surface area contributed by atoms with Gasteiger partial charge in [0.2, 0.25) is 0 Å². The lowest BCUT2D eigenvalue weighted by molar-refractivity contribution is 0.269. The number of halogens is 2. The monoisotopic (exact) mass is 270 g/mol. The molecule has 5 heteroatoms. The van der Waals surface area contributed by atoms with Crippen molar-refractivity contribution in [3.05, 3.63) is 29.8 Å². The second-order valence-electron chi connectivity index (χ2n) is 5.22. The zero-order valence-corrected chi connectivity index (χ0v) is 11.1. The first-order chi connectivity index (χ1) is 9.10. The number of rotatable bonds is 4. The van der Waals surface area contributed by atoms with Crippen LogP contribution in [0.1, 0.15) is 13.3 Å². The zero-order valence-electron chi connectivity index (χ0n) is 11.1. The van der Waals surface area contributed by atoms with E-state index in [2.05, 4.69) is 17.1 Å². The molecule has 106 valence electrons. The number of nitrogens with one attached hydrogen (secondary N) is 1. The largest absolute Gasteiger partial charge is 0.395 e. The molecule has 2 N–H and O–H groups in total. The van der Waals surface area contributed by atoms with Crippen LogP contribution in [0.5, 0.6) is 0 Å². The summed E-state index contributed by atoms with van der Waals surface area (Å²) in [5.74, 6) is -1.16. The molecule has 3 nitrogen and oxygen atoms in total. The Kier molecular flexibility index (Phi) is 4.71. The fourth-order valence-electron chi connectivity index (χ4n) is 2.66. The number of aliphatic hydroxyl groups is 1. The van der Waals surface area contributed by atoms with Crippen molar-refractivity contribution in [3.63, 3.8) is 0 Å². The molecule has 0 aliphatic carbocycles. The van der Waals surface area contributed by atoms with Gasteiger partial charge in [0.25, 0.3) is 0 Å². The van der Waals surface area contributed by atoms with Crippen LogP contribution in [-0.4, -0.2) is 37.4 Å². The third-order valence-corrected chi connectivity index (χ3v) is 3.47. The lowest BCUT2D eigenvalue weighted by atomic mass is 9.95. The molecule has 0 spiro atoms. The van der Waals surface area contributed by atoms with Gasteiger partial charge in [-0.15, -0.1) is 0 Å². The third-order valence-electron chi connectivity index (χ3n) is 3.47. The van der Waals surface area contributed by atoms with Crippen molar-refractivity contribution in [2.75, 3.05) is 31.1 Å². The van der Waals surface area contributed by atoms with E-state index in [1.807, 2.05) is 0 Å². The van der Waals surface area contributed by atoms with E-state index in [1.165, 1.54) is 12.1 Å². The first kappa shape index (κ1) is 14.2. The highest BCUT2D eigenvalue weighted by molar-refractivity contribution is 5.47. The van der Waals surface area contributed by atoms with E-state index < -0.39 is 11.6 Å². The molecule has 1 saturated heterocycles. The van der Waals surface area contributed by atoms with E-state index in [0.29, 0.717) is 18.2 Å². The summed E-state index contributed by atoms with van der Waals surface area (Å²) in [6.45, 7) is 4.39. The van der Waals surface area contributed by atoms with Gasteiger partial charge in [0, 0.05) is 37.4 Å². The Balaban J connectivity index is 2.07. The Morgan fingerprint density at radius 1 is 1.32 bits per heavy atom. The number of piperidine rings is 1. The summed E-state index contributed by atoms with van der Waals surface area (Å²) in [5, 5.41) is 12.1. The minimum atomic E-state index is -0.816. The predicted octanol–water partition coefficient (Wildman–Crippen LogP) is 1.76. The zero-order chi connectivity index (χ0) is 13.8. The second kappa shape index (κ2) is 6.30. The van der Waals surface area contributed by atoms with Crippen molar-refractivity contribution in [2.45, 2.75) is 19.4 Å². The molecule has 0 aromatic heterocycles. The van der Waals surface area contributed by atoms with Gasteiger partial charge in [0.05, 0.1) is 6.61 Å². The van der Waals surface area contributed by atoms with Gasteiger partial charge in [0.1, 0.15) is 0 Å². The van der Waals surface area contributed by atoms with Crippen molar-refractivity contribution in [1.82, 2.24) is 5.32 Å². The van der Waals surface area contributed by atoms with E-state index in [-0.39, 0.29) is 12.6 Å². The fraction of sp³-hybridized carbons (Fsp3) is 0.571. The molecule has 1 aliphatic heterocycles. The molecule has 19 heavy (non-hydrogen) atoms. The van der Waals surface area contributed by atoms with E-state index >= 15 is 0 Å². The summed E-state index contributed by atoms with van der Waals surface area (Å²) in [6, 6.07) is 4.29. The topological polar surface area (TPSA) is 35.5 Å². The predicted molar refractivity (Wildman–Crippen MR) is 71.2 cm³/mol. The maximum absolute atomic E-state index is 13.3. The number of anilines is 1. The Hall–Kier alpha value is -1.20. The normalized spacial score (nSPS) is 23.7. The van der Waals surface area contributed by atoms with E-state index in [0.717, 1.165) is 19.5 Å². The highest BCUT2D eigenvalue weighted by Gasteiger charge is 2.24. The van der Waals surface area contributed by atoms with E-state index in [9.17, 15) is 8.78 Å². The van der Waals surface area contributed by atoms with E-state index in [1.54, 1.807) is 6.07 Å². The second-order valence-corrected chi connectivity index (χ2v) is 5.22. The summed E-state index contributed by atoms with van der Waals surface area (Å²) in [5.41, 5.74) is 0.709. The number of nitrogens with zero attached hydrogens (tertiary/aromatic N) is 1. The van der Waals surface area contributed by atoms with Crippen LogP contribution in [0.25, 0.3) is 0 Å². The van der Waals surface area contributed by atoms with Crippen molar-refractivity contribution < 1.29 is 13.9 Å². The van der Waals surface area contributed by atoms with Crippen LogP contribution in [0.3, 0.4) is 0 Å². The van der Waals surface area contributed by atoms with Crippen LogP contribution in [0.2, 0.25) is 0 Å². The van der Waals surface area contributed by atoms with E-state index in [4.69, 9.17) is 5.11 Å². The molecule has 2 atom stereocenters. The average molecular weight is 270 g/mol. The molecule has 1 aliphatic rings. The minimum absolute atomic E-state index is 0.107. The Morgan fingerprint density at radius 2 is 2.11 bits per heavy atom. The SMILES string of the molecule is CC1CC(NCCO)CN(c2ccc(F)c(F)c2)C1. The van der Waals surface area contributed by atoms with Crippen LogP contribution in [0.15, 0.2) is 18.2 Å². The summed E-state index contributed by atoms with van der Waals surface area (Å²) >= 11 is 0. The van der Waals surface area contributed by atoms with Gasteiger partial charge < -0.3 is 15.3 Å². The van der Waals surface area contributed by atoms with Crippen molar-refractivity contribution >= 4 is 5.69 Å². The van der Waals surface area contributed by atoms with Crippen molar-refractivity contribution in [1.29, 1.82) is 0 Å². The summed E-state index contributed by atoms with van der Waals surface area (Å²) in [6.07, 6.45) is 1.03. The van der Waals surface area contributed by atoms with Gasteiger partial charge in [-0.2, -0.15) is 0 Å². The molecule has 1 aromatic carbocycles. The van der Waals surface area contributed by atoms with Gasteiger partial charge in [-0.3, -0.25) is 0 Å². The molecule has 0 saturated carbocycles. The lowest BCUT2D eigenvalue weighted by Crippen LogP contribution is -2.49. The molecule has 0 amide bonds. The summed E-state index contributed by atoms with van der Waals surface area (Å²) in [7, 11) is 0. The first-order valence-corrected chi connectivity index (χ1v) is 6.64. The molecule has 2 unspecified atom stereocenters. The average Bonchev–Trinajstić information content (AvgIpc) is 2.39. The molecule has 1 aromatic rings. The molecule has 1 fully saturated rings. The Morgan fingerprint density at radius 3 is 2.79 bits per heavy atom. The third kappa shape index (κ3) is 3.64. The highest BCUT2D eigenvalue weighted by Crippen LogP contribution is 2.24. The molecule has 0 radical (unpaired) electrons. The van der Waals surface area contributed by atoms with Crippen LogP contribution < -0.4 is 10.2 Å². The van der Waals surface area contributed by atoms with Crippen molar-refractivity contribution in [3.8, 4) is 0 Å². The standard InChI is InChI=1S/C14H20F2N2O/c1-10-6-11(17-4-5-19)9-18(8-10)12-2-3-13(15)14(16)7-12/h2-3,7,10-11,17,19H,4-6,8-9H2,1H3. The van der Waals surface area contributed by atoms with Crippen LogP contribution >= 0.6 is 0 Å². The van der Waals surface area contributed by atoms with Gasteiger partial charge in [0.15, 0.2) is 11.6 Å². The molecule has 2 rings (SSSR count). The van der Waals surface area contributed by atoms with Gasteiger partial charge in [-0.1, -0.05) is 6.92 Å². The maximum atomic E-state index is 13.3. The maximum Gasteiger partial charge on any atom is 0.160 e. The minimum Gasteiger partial charge on any atom is -0.395 e. The fourth-order valence-corrected chi connectivity index (χ4v) is 2.66. The molecular weight excluding hydrogens is 250 g/mol. The number of aliphatic hydroxyl groups excluding tert-OH is 1. The number of hydrogen-bond acceptors (Lipinski definition) is 3. The molecular formula is C14H20F2N2O. The van der Waals surface area contributed by atoms with Gasteiger partial charge >= 0.3 is 0 Å². The summed E-state index contributed by atoms with van der Waals surface area (Å²) < 4.78 is 26.2. The smallest absolute Gasteiger partial charge is 0.160 e. The van der Waals surface area contributed by atoms with Crippen LogP contribution in [0, 0.1) is 17.6 Å². The molecule has 1 heterocycles. The van der Waals surface area contributed by atoms with Crippen LogP contribution in [-0.2, 0) is 0 Å². The first-order valence-electron chi connectivity index (χ1n) is 6.64. The Labute approximate surface area is 112 Å². The lowest BCUT2D eigenvalue weighted by Gasteiger charge is -2.38. The molecule has 0 bridgehead atoms. The van der Waals surface area contributed by atoms with Gasteiger partial charge in [-0.25, -0.2) is 8.78 Å². The summed E-state index contributed by atoms with van der Waals surface area (Å²) in [4.78, 5) is 2.06. The number of benzene rings is 1. The number of hydrogen-bond donors (Lipinski definition) is 2. The quantitative estimate of drug-likeness (QED) is 0.875. The van der Waals surface area contributed by atoms with Crippen molar-refractivity contribution in [2.24, 2.45) is 5.92 Å². The highest BCUT2D eigenvalue weighted by atomic mass is 19.2. The Bertz CT molecular complexity index is 428.